The normalized spacial score (nSPS) is 10.1. The molecule has 1 rings (SSSR count). The Labute approximate surface area is 73.0 Å². The third-order valence-electron chi connectivity index (χ3n) is 1.80. The molecule has 0 saturated carbocycles. The minimum Gasteiger partial charge on any atom is -0.161 e. The van der Waals surface area contributed by atoms with Crippen LogP contribution in [0, 0.1) is 13.8 Å². The van der Waals surface area contributed by atoms with Gasteiger partial charge in [0, 0.05) is 5.75 Å². The largest absolute Gasteiger partial charge is 0.161 e. The molecule has 1 heteroatoms. The number of benzene rings is 1. The topological polar surface area (TPSA) is 0 Å². The van der Waals surface area contributed by atoms with Gasteiger partial charge in [0.15, 0.2) is 0 Å². The number of hydrogen-bond acceptors (Lipinski definition) is 1. The second-order valence-electron chi connectivity index (χ2n) is 2.86. The van der Waals surface area contributed by atoms with Crippen molar-refractivity contribution in [3.8, 4) is 0 Å². The lowest BCUT2D eigenvalue weighted by Crippen LogP contribution is -1.86. The van der Waals surface area contributed by atoms with E-state index in [2.05, 4.69) is 38.3 Å². The molecule has 1 aromatic rings. The van der Waals surface area contributed by atoms with Gasteiger partial charge in [0.05, 0.1) is 0 Å². The van der Waals surface area contributed by atoms with Crippen LogP contribution in [-0.2, 0) is 5.75 Å². The summed E-state index contributed by atoms with van der Waals surface area (Å²) in [5, 5.41) is 0. The van der Waals surface area contributed by atoms with Crippen LogP contribution in [0.2, 0.25) is 0 Å². The van der Waals surface area contributed by atoms with E-state index in [9.17, 15) is 0 Å². The molecule has 0 saturated heterocycles. The van der Waals surface area contributed by atoms with Gasteiger partial charge >= 0.3 is 0 Å². The lowest BCUT2D eigenvalue weighted by molar-refractivity contribution is 1.28. The second-order valence-corrected chi connectivity index (χ2v) is 3.73. The molecule has 0 spiro atoms. The first-order valence-electron chi connectivity index (χ1n) is 3.79. The van der Waals surface area contributed by atoms with Crippen LogP contribution < -0.4 is 0 Å². The fraction of sp³-hybridized carbons (Fsp3) is 0.400. The molecule has 0 aliphatic rings. The molecular formula is C10H14S. The summed E-state index contributed by atoms with van der Waals surface area (Å²) < 4.78 is 0. The quantitative estimate of drug-likeness (QED) is 0.650. The van der Waals surface area contributed by atoms with Crippen molar-refractivity contribution < 1.29 is 0 Å². The summed E-state index contributed by atoms with van der Waals surface area (Å²) in [5.41, 5.74) is 4.23. The van der Waals surface area contributed by atoms with Gasteiger partial charge in [0.2, 0.25) is 0 Å². The number of hydrogen-bond donors (Lipinski definition) is 0. The summed E-state index contributed by atoms with van der Waals surface area (Å²) in [4.78, 5) is 0. The number of thioether (sulfide) groups is 1. The van der Waals surface area contributed by atoms with E-state index in [1.165, 1.54) is 16.7 Å². The predicted octanol–water partition coefficient (Wildman–Crippen LogP) is 3.17. The van der Waals surface area contributed by atoms with Gasteiger partial charge in [-0.05, 0) is 31.2 Å². The van der Waals surface area contributed by atoms with Crippen LogP contribution in [0.25, 0.3) is 0 Å². The zero-order chi connectivity index (χ0) is 8.27. The van der Waals surface area contributed by atoms with Crippen LogP contribution in [0.15, 0.2) is 18.2 Å². The third kappa shape index (κ3) is 2.26. The first-order chi connectivity index (χ1) is 5.24. The molecule has 0 radical (unpaired) electrons. The van der Waals surface area contributed by atoms with Crippen LogP contribution in [0.4, 0.5) is 0 Å². The number of aryl methyl sites for hydroxylation is 2. The van der Waals surface area contributed by atoms with Gasteiger partial charge in [-0.3, -0.25) is 0 Å². The summed E-state index contributed by atoms with van der Waals surface area (Å²) >= 11 is 1.87. The van der Waals surface area contributed by atoms with Crippen LogP contribution in [0.1, 0.15) is 16.7 Å². The van der Waals surface area contributed by atoms with Gasteiger partial charge in [-0.2, -0.15) is 11.8 Å². The summed E-state index contributed by atoms with van der Waals surface area (Å²) in [5.74, 6) is 1.13. The van der Waals surface area contributed by atoms with Crippen molar-refractivity contribution in [2.45, 2.75) is 19.6 Å². The maximum atomic E-state index is 2.24. The molecule has 11 heavy (non-hydrogen) atoms. The average Bonchev–Trinajstić information content (AvgIpc) is 1.95. The van der Waals surface area contributed by atoms with Gasteiger partial charge < -0.3 is 0 Å². The highest BCUT2D eigenvalue weighted by molar-refractivity contribution is 7.97. The molecule has 0 nitrogen and oxygen atoms in total. The van der Waals surface area contributed by atoms with Gasteiger partial charge in [-0.25, -0.2) is 0 Å². The molecule has 0 atom stereocenters. The maximum absolute atomic E-state index is 2.24. The molecule has 0 aliphatic carbocycles. The van der Waals surface area contributed by atoms with Crippen molar-refractivity contribution in [2.24, 2.45) is 0 Å². The van der Waals surface area contributed by atoms with E-state index < -0.39 is 0 Å². The highest BCUT2D eigenvalue weighted by Gasteiger charge is 1.95. The Bertz CT molecular complexity index is 241. The molecular weight excluding hydrogens is 152 g/mol. The molecule has 1 aromatic carbocycles. The monoisotopic (exact) mass is 166 g/mol. The smallest absolute Gasteiger partial charge is 0.0184 e. The average molecular weight is 166 g/mol. The van der Waals surface area contributed by atoms with Crippen molar-refractivity contribution in [1.82, 2.24) is 0 Å². The van der Waals surface area contributed by atoms with Gasteiger partial charge in [-0.15, -0.1) is 0 Å². The Morgan fingerprint density at radius 1 is 1.27 bits per heavy atom. The van der Waals surface area contributed by atoms with E-state index in [0.717, 1.165) is 5.75 Å². The van der Waals surface area contributed by atoms with Crippen molar-refractivity contribution in [1.29, 1.82) is 0 Å². The van der Waals surface area contributed by atoms with E-state index in [1.807, 2.05) is 11.8 Å². The molecule has 60 valence electrons. The molecule has 0 bridgehead atoms. The Morgan fingerprint density at radius 3 is 2.55 bits per heavy atom. The van der Waals surface area contributed by atoms with Gasteiger partial charge in [0.1, 0.15) is 0 Å². The molecule has 0 aromatic heterocycles. The van der Waals surface area contributed by atoms with Gasteiger partial charge in [-0.1, -0.05) is 23.8 Å². The third-order valence-corrected chi connectivity index (χ3v) is 2.40. The van der Waals surface area contributed by atoms with E-state index in [0.29, 0.717) is 0 Å². The standard InChI is InChI=1S/C10H14S/c1-8-4-5-10(7-11-3)9(2)6-8/h4-6H,7H2,1-3H3. The van der Waals surface area contributed by atoms with E-state index in [-0.39, 0.29) is 0 Å². The second kappa shape index (κ2) is 3.82. The lowest BCUT2D eigenvalue weighted by Gasteiger charge is -2.03. The van der Waals surface area contributed by atoms with E-state index in [1.54, 1.807) is 0 Å². The molecule has 0 N–H and O–H groups in total. The van der Waals surface area contributed by atoms with Crippen molar-refractivity contribution in [3.63, 3.8) is 0 Å². The summed E-state index contributed by atoms with van der Waals surface area (Å²) in [6.45, 7) is 4.31. The Morgan fingerprint density at radius 2 is 2.00 bits per heavy atom. The van der Waals surface area contributed by atoms with Crippen molar-refractivity contribution >= 4 is 11.8 Å². The Balaban J connectivity index is 2.90. The molecule has 0 heterocycles. The molecule has 0 unspecified atom stereocenters. The minimum absolute atomic E-state index is 1.13. The lowest BCUT2D eigenvalue weighted by atomic mass is 10.1. The molecule has 0 fully saturated rings. The van der Waals surface area contributed by atoms with Crippen LogP contribution in [0.5, 0.6) is 0 Å². The van der Waals surface area contributed by atoms with Crippen LogP contribution in [0.3, 0.4) is 0 Å². The highest BCUT2D eigenvalue weighted by Crippen LogP contribution is 2.15. The Kier molecular flexibility index (Phi) is 3.01. The summed E-state index contributed by atoms with van der Waals surface area (Å²) in [6, 6.07) is 6.64. The van der Waals surface area contributed by atoms with Crippen molar-refractivity contribution in [3.05, 3.63) is 34.9 Å². The first-order valence-corrected chi connectivity index (χ1v) is 5.18. The maximum Gasteiger partial charge on any atom is 0.0184 e. The minimum atomic E-state index is 1.13. The number of rotatable bonds is 2. The van der Waals surface area contributed by atoms with E-state index in [4.69, 9.17) is 0 Å². The Hall–Kier alpha value is -0.430. The summed E-state index contributed by atoms with van der Waals surface area (Å²) in [7, 11) is 0. The summed E-state index contributed by atoms with van der Waals surface area (Å²) in [6.07, 6.45) is 2.14. The van der Waals surface area contributed by atoms with Crippen LogP contribution in [-0.4, -0.2) is 6.26 Å². The fourth-order valence-electron chi connectivity index (χ4n) is 1.16. The SMILES string of the molecule is CSCc1ccc(C)cc1C. The molecule has 0 amide bonds. The van der Waals surface area contributed by atoms with E-state index >= 15 is 0 Å². The van der Waals surface area contributed by atoms with Crippen molar-refractivity contribution in [2.75, 3.05) is 6.26 Å². The predicted molar refractivity (Wildman–Crippen MR) is 53.1 cm³/mol. The highest BCUT2D eigenvalue weighted by atomic mass is 32.2. The first kappa shape index (κ1) is 8.66. The van der Waals surface area contributed by atoms with Gasteiger partial charge in [0.25, 0.3) is 0 Å². The zero-order valence-corrected chi connectivity index (χ0v) is 8.16. The molecule has 0 aliphatic heterocycles. The fourth-order valence-corrected chi connectivity index (χ4v) is 1.80. The van der Waals surface area contributed by atoms with Crippen LogP contribution >= 0.6 is 11.8 Å². The zero-order valence-electron chi connectivity index (χ0n) is 7.35.